The Labute approximate surface area is 108 Å². The number of aromatic amines is 1. The minimum atomic E-state index is 0.322. The standard InChI is InChI=1S/C10H11ClN4OS/c11-7-2-1-3-8(6-7)16-4-5-17-10-13-9(12)14-15-10/h1-3,6H,4-5H2,(H3,12,13,14,15). The predicted molar refractivity (Wildman–Crippen MR) is 68.5 cm³/mol. The van der Waals surface area contributed by atoms with Crippen molar-refractivity contribution in [2.24, 2.45) is 0 Å². The number of H-pyrrole nitrogens is 1. The van der Waals surface area contributed by atoms with Gasteiger partial charge in [0.25, 0.3) is 0 Å². The third kappa shape index (κ3) is 3.83. The zero-order chi connectivity index (χ0) is 12.1. The van der Waals surface area contributed by atoms with Crippen molar-refractivity contribution in [3.05, 3.63) is 29.3 Å². The van der Waals surface area contributed by atoms with Crippen LogP contribution in [0.4, 0.5) is 5.95 Å². The second kappa shape index (κ2) is 5.79. The summed E-state index contributed by atoms with van der Waals surface area (Å²) in [6.07, 6.45) is 0. The van der Waals surface area contributed by atoms with Gasteiger partial charge in [-0.1, -0.05) is 29.4 Å². The van der Waals surface area contributed by atoms with Gasteiger partial charge in [0.1, 0.15) is 5.75 Å². The fourth-order valence-electron chi connectivity index (χ4n) is 1.17. The summed E-state index contributed by atoms with van der Waals surface area (Å²) in [6.45, 7) is 0.555. The van der Waals surface area contributed by atoms with E-state index in [1.165, 1.54) is 11.8 Å². The number of ether oxygens (including phenoxy) is 1. The van der Waals surface area contributed by atoms with Gasteiger partial charge in [-0.25, -0.2) is 5.10 Å². The van der Waals surface area contributed by atoms with Crippen LogP contribution in [0.15, 0.2) is 29.4 Å². The Balaban J connectivity index is 1.73. The van der Waals surface area contributed by atoms with Gasteiger partial charge in [0.15, 0.2) is 0 Å². The van der Waals surface area contributed by atoms with E-state index in [-0.39, 0.29) is 0 Å². The van der Waals surface area contributed by atoms with Crippen LogP contribution < -0.4 is 10.5 Å². The smallest absolute Gasteiger partial charge is 0.216 e. The summed E-state index contributed by atoms with van der Waals surface area (Å²) in [4.78, 5) is 3.97. The number of thioether (sulfide) groups is 1. The van der Waals surface area contributed by atoms with Crippen molar-refractivity contribution in [2.75, 3.05) is 18.1 Å². The number of nitrogens with one attached hydrogen (secondary N) is 1. The number of nitrogens with two attached hydrogens (primary N) is 1. The molecule has 0 bridgehead atoms. The molecule has 1 aromatic heterocycles. The highest BCUT2D eigenvalue weighted by Gasteiger charge is 2.01. The lowest BCUT2D eigenvalue weighted by Crippen LogP contribution is -2.00. The van der Waals surface area contributed by atoms with Crippen molar-refractivity contribution in [3.8, 4) is 5.75 Å². The van der Waals surface area contributed by atoms with Crippen molar-refractivity contribution >= 4 is 29.3 Å². The Hall–Kier alpha value is -1.40. The van der Waals surface area contributed by atoms with Crippen molar-refractivity contribution in [2.45, 2.75) is 5.16 Å². The van der Waals surface area contributed by atoms with Crippen molar-refractivity contribution < 1.29 is 4.74 Å². The van der Waals surface area contributed by atoms with Crippen LogP contribution in [-0.4, -0.2) is 27.5 Å². The van der Waals surface area contributed by atoms with E-state index in [4.69, 9.17) is 22.1 Å². The van der Waals surface area contributed by atoms with Gasteiger partial charge >= 0.3 is 0 Å². The third-order valence-corrected chi connectivity index (χ3v) is 2.91. The molecule has 0 fully saturated rings. The largest absolute Gasteiger partial charge is 0.493 e. The number of benzene rings is 1. The van der Waals surface area contributed by atoms with Crippen LogP contribution >= 0.6 is 23.4 Å². The topological polar surface area (TPSA) is 76.8 Å². The highest BCUT2D eigenvalue weighted by atomic mass is 35.5. The lowest BCUT2D eigenvalue weighted by molar-refractivity contribution is 0.344. The molecule has 0 aliphatic rings. The van der Waals surface area contributed by atoms with Crippen molar-refractivity contribution in [1.29, 1.82) is 0 Å². The second-order valence-electron chi connectivity index (χ2n) is 3.16. The minimum Gasteiger partial charge on any atom is -0.493 e. The fourth-order valence-corrected chi connectivity index (χ4v) is 1.97. The molecule has 7 heteroatoms. The van der Waals surface area contributed by atoms with Gasteiger partial charge < -0.3 is 10.5 Å². The number of nitrogen functional groups attached to an aromatic ring is 1. The maximum Gasteiger partial charge on any atom is 0.216 e. The molecule has 0 spiro atoms. The molecule has 0 atom stereocenters. The first-order valence-electron chi connectivity index (χ1n) is 4.93. The first-order valence-corrected chi connectivity index (χ1v) is 6.29. The van der Waals surface area contributed by atoms with Crippen molar-refractivity contribution in [3.63, 3.8) is 0 Å². The van der Waals surface area contributed by atoms with E-state index in [0.29, 0.717) is 22.7 Å². The van der Waals surface area contributed by atoms with E-state index < -0.39 is 0 Å². The minimum absolute atomic E-state index is 0.322. The Morgan fingerprint density at radius 2 is 2.35 bits per heavy atom. The molecule has 5 nitrogen and oxygen atoms in total. The molecule has 0 saturated carbocycles. The molecule has 0 saturated heterocycles. The van der Waals surface area contributed by atoms with Gasteiger partial charge in [-0.3, -0.25) is 0 Å². The SMILES string of the molecule is Nc1nc(SCCOc2cccc(Cl)c2)n[nH]1. The fraction of sp³-hybridized carbons (Fsp3) is 0.200. The third-order valence-electron chi connectivity index (χ3n) is 1.86. The van der Waals surface area contributed by atoms with Gasteiger partial charge in [-0.15, -0.1) is 5.10 Å². The number of halogens is 1. The van der Waals surface area contributed by atoms with Crippen LogP contribution in [0, 0.1) is 0 Å². The van der Waals surface area contributed by atoms with E-state index in [2.05, 4.69) is 15.2 Å². The van der Waals surface area contributed by atoms with Gasteiger partial charge in [0.2, 0.25) is 11.1 Å². The highest BCUT2D eigenvalue weighted by Crippen LogP contribution is 2.18. The maximum atomic E-state index is 5.83. The summed E-state index contributed by atoms with van der Waals surface area (Å²) in [5, 5.41) is 7.76. The maximum absolute atomic E-state index is 5.83. The molecule has 2 rings (SSSR count). The predicted octanol–water partition coefficient (Wildman–Crippen LogP) is 2.21. The first-order chi connectivity index (χ1) is 8.24. The Kier molecular flexibility index (Phi) is 4.11. The summed E-state index contributed by atoms with van der Waals surface area (Å²) >= 11 is 7.31. The van der Waals surface area contributed by atoms with Gasteiger partial charge in [-0.2, -0.15) is 4.98 Å². The van der Waals surface area contributed by atoms with Crippen LogP contribution in [-0.2, 0) is 0 Å². The number of hydrogen-bond acceptors (Lipinski definition) is 5. The number of nitrogens with zero attached hydrogens (tertiary/aromatic N) is 2. The summed E-state index contributed by atoms with van der Waals surface area (Å²) in [5.74, 6) is 1.82. The number of anilines is 1. The molecule has 2 aromatic rings. The Morgan fingerprint density at radius 3 is 3.06 bits per heavy atom. The number of hydrogen-bond donors (Lipinski definition) is 2. The Bertz CT molecular complexity index is 491. The molecule has 90 valence electrons. The summed E-state index contributed by atoms with van der Waals surface area (Å²) in [7, 11) is 0. The zero-order valence-corrected chi connectivity index (χ0v) is 10.5. The van der Waals surface area contributed by atoms with Crippen LogP contribution in [0.1, 0.15) is 0 Å². The van der Waals surface area contributed by atoms with E-state index >= 15 is 0 Å². The summed E-state index contributed by atoms with van der Waals surface area (Å²) in [5.41, 5.74) is 5.40. The van der Waals surface area contributed by atoms with E-state index in [9.17, 15) is 0 Å². The molecule has 0 aliphatic carbocycles. The van der Waals surface area contributed by atoms with Gasteiger partial charge in [-0.05, 0) is 18.2 Å². The van der Waals surface area contributed by atoms with Gasteiger partial charge in [0, 0.05) is 10.8 Å². The molecule has 0 unspecified atom stereocenters. The highest BCUT2D eigenvalue weighted by molar-refractivity contribution is 7.99. The van der Waals surface area contributed by atoms with E-state index in [0.717, 1.165) is 11.5 Å². The molecule has 17 heavy (non-hydrogen) atoms. The first kappa shape index (κ1) is 12.1. The molecule has 0 radical (unpaired) electrons. The van der Waals surface area contributed by atoms with Gasteiger partial charge in [0.05, 0.1) is 6.61 Å². The quantitative estimate of drug-likeness (QED) is 0.643. The summed E-state index contributed by atoms with van der Waals surface area (Å²) in [6, 6.07) is 7.29. The van der Waals surface area contributed by atoms with E-state index in [1.807, 2.05) is 12.1 Å². The van der Waals surface area contributed by atoms with Crippen LogP contribution in [0.25, 0.3) is 0 Å². The molecule has 0 amide bonds. The Morgan fingerprint density at radius 1 is 1.47 bits per heavy atom. The van der Waals surface area contributed by atoms with Crippen molar-refractivity contribution in [1.82, 2.24) is 15.2 Å². The molecular formula is C10H11ClN4OS. The van der Waals surface area contributed by atoms with Crippen LogP contribution in [0.5, 0.6) is 5.75 Å². The molecule has 3 N–H and O–H groups in total. The molecule has 1 aromatic carbocycles. The normalized spacial score (nSPS) is 10.4. The van der Waals surface area contributed by atoms with Crippen LogP contribution in [0.3, 0.4) is 0 Å². The monoisotopic (exact) mass is 270 g/mol. The number of aromatic nitrogens is 3. The lowest BCUT2D eigenvalue weighted by Gasteiger charge is -2.04. The zero-order valence-electron chi connectivity index (χ0n) is 8.89. The molecular weight excluding hydrogens is 260 g/mol. The number of rotatable bonds is 5. The second-order valence-corrected chi connectivity index (χ2v) is 4.66. The lowest BCUT2D eigenvalue weighted by atomic mass is 10.3. The van der Waals surface area contributed by atoms with E-state index in [1.54, 1.807) is 12.1 Å². The molecule has 0 aliphatic heterocycles. The summed E-state index contributed by atoms with van der Waals surface area (Å²) < 4.78 is 5.51. The average molecular weight is 271 g/mol. The molecule has 1 heterocycles. The van der Waals surface area contributed by atoms with Crippen LogP contribution in [0.2, 0.25) is 5.02 Å². The average Bonchev–Trinajstić information content (AvgIpc) is 2.71.